The van der Waals surface area contributed by atoms with Gasteiger partial charge in [0.15, 0.2) is 0 Å². The van der Waals surface area contributed by atoms with Crippen molar-refractivity contribution in [3.8, 4) is 11.4 Å². The molecule has 0 aliphatic carbocycles. The Kier molecular flexibility index (Phi) is 5.63. The molecule has 1 atom stereocenters. The van der Waals surface area contributed by atoms with Crippen LogP contribution in [0.3, 0.4) is 0 Å². The zero-order valence-electron chi connectivity index (χ0n) is 18.9. The van der Waals surface area contributed by atoms with Crippen molar-refractivity contribution in [2.24, 2.45) is 0 Å². The Morgan fingerprint density at radius 1 is 1.00 bits per heavy atom. The van der Waals surface area contributed by atoms with E-state index in [4.69, 9.17) is 8.94 Å². The molecule has 0 saturated carbocycles. The first kappa shape index (κ1) is 22.2. The molecular formula is C26H23N3O4S. The van der Waals surface area contributed by atoms with Gasteiger partial charge in [-0.05, 0) is 53.9 Å². The minimum Gasteiger partial charge on any atom is -0.480 e. The average Bonchev–Trinajstić information content (AvgIpc) is 3.44. The molecule has 7 nitrogen and oxygen atoms in total. The number of fused-ring (bicyclic) bond motifs is 3. The maximum Gasteiger partial charge on any atom is 0.326 e. The fraction of sp³-hybridized carbons (Fsp3) is 0.192. The second kappa shape index (κ2) is 8.62. The Labute approximate surface area is 200 Å². The van der Waals surface area contributed by atoms with Gasteiger partial charge in [-0.3, -0.25) is 4.79 Å². The first-order valence-corrected chi connectivity index (χ1v) is 11.6. The molecule has 2 aromatic heterocycles. The van der Waals surface area contributed by atoms with Gasteiger partial charge in [-0.25, -0.2) is 4.72 Å². The van der Waals surface area contributed by atoms with E-state index in [-0.39, 0.29) is 5.41 Å². The lowest BCUT2D eigenvalue weighted by Crippen LogP contribution is -2.23. The Bertz CT molecular complexity index is 1480. The summed E-state index contributed by atoms with van der Waals surface area (Å²) in [5, 5.41) is 15.7. The van der Waals surface area contributed by atoms with Crippen LogP contribution >= 0.6 is 11.9 Å². The number of hydrogen-bond donors (Lipinski definition) is 2. The molecule has 0 bridgehead atoms. The van der Waals surface area contributed by atoms with E-state index >= 15 is 0 Å². The number of aromatic nitrogens is 2. The molecule has 0 amide bonds. The van der Waals surface area contributed by atoms with Gasteiger partial charge in [-0.15, -0.1) is 0 Å². The normalized spacial score (nSPS) is 12.9. The summed E-state index contributed by atoms with van der Waals surface area (Å²) in [5.41, 5.74) is 2.78. The van der Waals surface area contributed by atoms with Gasteiger partial charge in [-0.1, -0.05) is 56.3 Å². The molecule has 0 fully saturated rings. The van der Waals surface area contributed by atoms with E-state index in [1.165, 1.54) is 11.9 Å². The van der Waals surface area contributed by atoms with Crippen molar-refractivity contribution in [1.29, 1.82) is 0 Å². The van der Waals surface area contributed by atoms with Crippen LogP contribution in [0.15, 0.2) is 80.6 Å². The van der Waals surface area contributed by atoms with Crippen LogP contribution in [0.25, 0.3) is 33.3 Å². The molecule has 2 heterocycles. The number of benzene rings is 3. The first-order valence-electron chi connectivity index (χ1n) is 10.8. The Hall–Kier alpha value is -3.62. The van der Waals surface area contributed by atoms with Crippen LogP contribution in [0, 0.1) is 0 Å². The van der Waals surface area contributed by atoms with Crippen LogP contribution in [0.5, 0.6) is 0 Å². The molecule has 5 aromatic rings. The van der Waals surface area contributed by atoms with Gasteiger partial charge < -0.3 is 14.0 Å². The standard InChI is InChI=1S/C26H23N3O4S/c1-26(2,3)25-27-23(28-33-25)16-9-12-20-19(13-16)18-11-10-17(14-21(18)32-20)34-29-22(24(30)31)15-7-5-4-6-8-15/h4-14,22,29H,1-3H3,(H,30,31)/t22-/m1/s1. The van der Waals surface area contributed by atoms with E-state index in [0.717, 1.165) is 26.8 Å². The van der Waals surface area contributed by atoms with Crippen LogP contribution in [0.4, 0.5) is 0 Å². The lowest BCUT2D eigenvalue weighted by molar-refractivity contribution is -0.139. The number of hydrogen-bond acceptors (Lipinski definition) is 7. The zero-order valence-corrected chi connectivity index (χ0v) is 19.7. The number of carboxylic acid groups (broad SMARTS) is 1. The van der Waals surface area contributed by atoms with Crippen molar-refractivity contribution in [3.63, 3.8) is 0 Å². The van der Waals surface area contributed by atoms with Crippen LogP contribution < -0.4 is 4.72 Å². The summed E-state index contributed by atoms with van der Waals surface area (Å²) in [7, 11) is 0. The highest BCUT2D eigenvalue weighted by atomic mass is 32.2. The lowest BCUT2D eigenvalue weighted by Gasteiger charge is -2.14. The summed E-state index contributed by atoms with van der Waals surface area (Å²) in [6.45, 7) is 6.08. The van der Waals surface area contributed by atoms with Crippen LogP contribution in [-0.4, -0.2) is 21.2 Å². The topological polar surface area (TPSA) is 101 Å². The number of furan rings is 1. The summed E-state index contributed by atoms with van der Waals surface area (Å²) >= 11 is 1.26. The van der Waals surface area contributed by atoms with E-state index in [1.54, 1.807) is 12.1 Å². The van der Waals surface area contributed by atoms with E-state index in [2.05, 4.69) is 14.9 Å². The molecule has 0 unspecified atom stereocenters. The summed E-state index contributed by atoms with van der Waals surface area (Å²) in [6, 6.07) is 19.9. The predicted octanol–water partition coefficient (Wildman–Crippen LogP) is 6.36. The quantitative estimate of drug-likeness (QED) is 0.275. The molecule has 0 radical (unpaired) electrons. The largest absolute Gasteiger partial charge is 0.480 e. The average molecular weight is 474 g/mol. The van der Waals surface area contributed by atoms with Crippen molar-refractivity contribution < 1.29 is 18.8 Å². The summed E-state index contributed by atoms with van der Waals surface area (Å²) in [4.78, 5) is 17.1. The molecule has 172 valence electrons. The number of rotatable bonds is 6. The van der Waals surface area contributed by atoms with Gasteiger partial charge in [0.25, 0.3) is 0 Å². The third kappa shape index (κ3) is 4.30. The number of aliphatic carboxylic acids is 1. The van der Waals surface area contributed by atoms with Gasteiger partial charge in [0, 0.05) is 26.6 Å². The maximum absolute atomic E-state index is 11.7. The number of nitrogens with zero attached hydrogens (tertiary/aromatic N) is 2. The van der Waals surface area contributed by atoms with Crippen LogP contribution in [-0.2, 0) is 10.2 Å². The molecule has 34 heavy (non-hydrogen) atoms. The van der Waals surface area contributed by atoms with Crippen molar-refractivity contribution in [2.75, 3.05) is 0 Å². The van der Waals surface area contributed by atoms with Crippen molar-refractivity contribution in [2.45, 2.75) is 37.1 Å². The van der Waals surface area contributed by atoms with Gasteiger partial charge in [0.1, 0.15) is 17.2 Å². The van der Waals surface area contributed by atoms with Crippen molar-refractivity contribution in [3.05, 3.63) is 78.2 Å². The van der Waals surface area contributed by atoms with Crippen LogP contribution in [0.2, 0.25) is 0 Å². The monoisotopic (exact) mass is 473 g/mol. The second-order valence-electron chi connectivity index (χ2n) is 9.05. The summed E-state index contributed by atoms with van der Waals surface area (Å²) < 4.78 is 14.5. The van der Waals surface area contributed by atoms with E-state index < -0.39 is 12.0 Å². The lowest BCUT2D eigenvalue weighted by atomic mass is 9.97. The van der Waals surface area contributed by atoms with Gasteiger partial charge in [0.2, 0.25) is 11.7 Å². The number of nitrogens with one attached hydrogen (secondary N) is 1. The Balaban J connectivity index is 1.42. The van der Waals surface area contributed by atoms with Gasteiger partial charge in [-0.2, -0.15) is 4.98 Å². The van der Waals surface area contributed by atoms with E-state index in [0.29, 0.717) is 22.9 Å². The first-order chi connectivity index (χ1) is 16.3. The summed E-state index contributed by atoms with van der Waals surface area (Å²) in [6.07, 6.45) is 0. The molecule has 2 N–H and O–H groups in total. The minimum atomic E-state index is -0.938. The fourth-order valence-electron chi connectivity index (χ4n) is 3.64. The molecule has 0 saturated heterocycles. The fourth-order valence-corrected chi connectivity index (χ4v) is 4.43. The number of carboxylic acids is 1. The van der Waals surface area contributed by atoms with E-state index in [1.807, 2.05) is 75.4 Å². The highest BCUT2D eigenvalue weighted by Crippen LogP contribution is 2.34. The zero-order chi connectivity index (χ0) is 23.9. The molecule has 0 aliphatic heterocycles. The Morgan fingerprint density at radius 2 is 1.79 bits per heavy atom. The minimum absolute atomic E-state index is 0.222. The van der Waals surface area contributed by atoms with Crippen molar-refractivity contribution in [1.82, 2.24) is 14.9 Å². The molecule has 0 spiro atoms. The third-order valence-electron chi connectivity index (χ3n) is 5.44. The highest BCUT2D eigenvalue weighted by Gasteiger charge is 2.23. The SMILES string of the molecule is CC(C)(C)c1nc(-c2ccc3oc4cc(SN[C@@H](C(=O)O)c5ccccc5)ccc4c3c2)no1. The second-order valence-corrected chi connectivity index (χ2v) is 9.96. The van der Waals surface area contributed by atoms with Gasteiger partial charge in [0.05, 0.1) is 0 Å². The smallest absolute Gasteiger partial charge is 0.326 e. The third-order valence-corrected chi connectivity index (χ3v) is 6.29. The molecule has 3 aromatic carbocycles. The summed E-state index contributed by atoms with van der Waals surface area (Å²) in [5.74, 6) is 0.189. The molecule has 0 aliphatic rings. The predicted molar refractivity (Wildman–Crippen MR) is 132 cm³/mol. The van der Waals surface area contributed by atoms with E-state index in [9.17, 15) is 9.90 Å². The Morgan fingerprint density at radius 3 is 2.50 bits per heavy atom. The molecule has 5 rings (SSSR count). The molecule has 8 heteroatoms. The number of carbonyl (C=O) groups is 1. The maximum atomic E-state index is 11.7. The van der Waals surface area contributed by atoms with Crippen molar-refractivity contribution >= 4 is 39.9 Å². The highest BCUT2D eigenvalue weighted by molar-refractivity contribution is 7.97. The van der Waals surface area contributed by atoms with Gasteiger partial charge >= 0.3 is 5.97 Å². The molecular weight excluding hydrogens is 450 g/mol. The van der Waals surface area contributed by atoms with Crippen LogP contribution in [0.1, 0.15) is 38.3 Å².